The molecule has 1 aliphatic heterocycles. The number of nitrogens with one attached hydrogen (secondary N) is 3. The average molecular weight is 621 g/mol. The maximum absolute atomic E-state index is 7.97. The first-order chi connectivity index (χ1) is 16.4. The molecule has 0 saturated carbocycles. The summed E-state index contributed by atoms with van der Waals surface area (Å²) in [6, 6.07) is 5.17. The fourth-order valence-electron chi connectivity index (χ4n) is 3.39. The monoisotopic (exact) mass is 620 g/mol. The van der Waals surface area contributed by atoms with Crippen LogP contribution in [0, 0.1) is 5.41 Å². The second kappa shape index (κ2) is 12.5. The number of methoxy groups -OCH3 is 1. The van der Waals surface area contributed by atoms with Crippen molar-refractivity contribution in [3.05, 3.63) is 63.3 Å². The second-order valence-electron chi connectivity index (χ2n) is 7.31. The van der Waals surface area contributed by atoms with Gasteiger partial charge in [0.05, 0.1) is 40.6 Å². The van der Waals surface area contributed by atoms with E-state index in [1.54, 1.807) is 44.5 Å². The molecule has 12 heteroatoms. The zero-order valence-corrected chi connectivity index (χ0v) is 22.5. The minimum atomic E-state index is -0.190. The fourth-order valence-corrected chi connectivity index (χ4v) is 4.06. The summed E-state index contributed by atoms with van der Waals surface area (Å²) in [6.07, 6.45) is 3.39. The van der Waals surface area contributed by atoms with Crippen molar-refractivity contribution in [2.45, 2.75) is 6.10 Å². The van der Waals surface area contributed by atoms with E-state index in [1.165, 1.54) is 0 Å². The first kappa shape index (κ1) is 26.5. The van der Waals surface area contributed by atoms with Gasteiger partial charge in [-0.25, -0.2) is 0 Å². The molecule has 5 N–H and O–H groups in total. The van der Waals surface area contributed by atoms with Crippen molar-refractivity contribution in [3.8, 4) is 0 Å². The van der Waals surface area contributed by atoms with Crippen molar-refractivity contribution in [1.29, 1.82) is 5.41 Å². The van der Waals surface area contributed by atoms with Crippen LogP contribution >= 0.6 is 45.8 Å². The molecule has 1 unspecified atom stereocenters. The van der Waals surface area contributed by atoms with E-state index in [4.69, 9.17) is 48.6 Å². The van der Waals surface area contributed by atoms with Crippen molar-refractivity contribution >= 4 is 63.2 Å². The number of halogens is 3. The molecule has 0 bridgehead atoms. The molecule has 0 spiro atoms. The molecule has 1 fully saturated rings. The Hall–Kier alpha value is -2.15. The van der Waals surface area contributed by atoms with Crippen LogP contribution in [-0.4, -0.2) is 67.7 Å². The summed E-state index contributed by atoms with van der Waals surface area (Å²) in [5.41, 5.74) is 8.39. The van der Waals surface area contributed by atoms with E-state index >= 15 is 0 Å². The van der Waals surface area contributed by atoms with Gasteiger partial charge in [-0.2, -0.15) is 0 Å². The summed E-state index contributed by atoms with van der Waals surface area (Å²) in [5, 5.41) is 14.9. The van der Waals surface area contributed by atoms with Crippen molar-refractivity contribution in [1.82, 2.24) is 10.2 Å². The maximum atomic E-state index is 7.97. The quantitative estimate of drug-likeness (QED) is 0.121. The van der Waals surface area contributed by atoms with Crippen LogP contribution in [0.2, 0.25) is 10.0 Å². The van der Waals surface area contributed by atoms with Crippen LogP contribution in [0.4, 0.5) is 5.69 Å². The number of aliphatic imine (C=N–C) groups is 1. The number of hydrogen-bond donors (Lipinski definition) is 4. The van der Waals surface area contributed by atoms with E-state index in [-0.39, 0.29) is 6.10 Å². The lowest BCUT2D eigenvalue weighted by Gasteiger charge is -2.34. The lowest BCUT2D eigenvalue weighted by atomic mass is 10.0. The first-order valence-corrected chi connectivity index (χ1v) is 12.7. The third-order valence-corrected chi connectivity index (χ3v) is 6.20. The molecule has 1 saturated heterocycles. The molecule has 0 aromatic heterocycles. The number of benzene rings is 1. The number of nitrogens with zero attached hydrogens (tertiary/aromatic N) is 2. The highest BCUT2D eigenvalue weighted by Gasteiger charge is 2.25. The van der Waals surface area contributed by atoms with Gasteiger partial charge < -0.3 is 35.5 Å². The molecule has 1 aliphatic carbocycles. The average Bonchev–Trinajstić information content (AvgIpc) is 2.84. The highest BCUT2D eigenvalue weighted by atomic mass is 127. The van der Waals surface area contributed by atoms with E-state index in [1.807, 2.05) is 4.90 Å². The second-order valence-corrected chi connectivity index (χ2v) is 8.81. The Bertz CT molecular complexity index is 1040. The minimum Gasteiger partial charge on any atom is -0.493 e. The van der Waals surface area contributed by atoms with E-state index in [0.717, 1.165) is 0 Å². The smallest absolute Gasteiger partial charge is 0.190 e. The molecule has 1 aromatic carbocycles. The molecule has 184 valence electrons. The zero-order valence-electron chi connectivity index (χ0n) is 18.8. The number of morpholine rings is 1. The van der Waals surface area contributed by atoms with Gasteiger partial charge in [0, 0.05) is 30.9 Å². The van der Waals surface area contributed by atoms with Gasteiger partial charge in [-0.3, -0.25) is 10.4 Å². The number of hydrogen-bond acceptors (Lipinski definition) is 7. The number of guanidine groups is 1. The van der Waals surface area contributed by atoms with Gasteiger partial charge in [0.25, 0.3) is 0 Å². The molecular formula is C22H27Cl2IN6O3. The Morgan fingerprint density at radius 2 is 2.12 bits per heavy atom. The summed E-state index contributed by atoms with van der Waals surface area (Å²) in [5.74, 6) is 1.78. The number of allylic oxidation sites excluding steroid dienone is 3. The molecule has 1 aromatic rings. The van der Waals surface area contributed by atoms with Crippen LogP contribution < -0.4 is 16.4 Å². The highest BCUT2D eigenvalue weighted by Crippen LogP contribution is 2.28. The highest BCUT2D eigenvalue weighted by molar-refractivity contribution is 14.1. The minimum absolute atomic E-state index is 0.190. The molecule has 1 atom stereocenters. The summed E-state index contributed by atoms with van der Waals surface area (Å²) < 4.78 is 18.0. The fraction of sp³-hybridized carbons (Fsp3) is 0.364. The molecule has 2 aliphatic rings. The Morgan fingerprint density at radius 3 is 2.79 bits per heavy atom. The number of ether oxygens (including phenoxy) is 3. The lowest BCUT2D eigenvalue weighted by Crippen LogP contribution is -2.50. The molecule has 3 rings (SSSR count). The van der Waals surface area contributed by atoms with Gasteiger partial charge in [0.1, 0.15) is 18.5 Å². The Labute approximate surface area is 222 Å². The van der Waals surface area contributed by atoms with Gasteiger partial charge in [-0.05, 0) is 24.3 Å². The molecule has 0 radical (unpaired) electrons. The van der Waals surface area contributed by atoms with Gasteiger partial charge in [0.15, 0.2) is 17.5 Å². The Kier molecular flexibility index (Phi) is 9.74. The standard InChI is InChI=1S/C22H27Cl2IN6O3/c1-28-22(27)31-5-6-33-14(10-31)11-34-20-9-18(29-12-25)15(8-19(20)32-2)21(26)30-13-3-4-16(23)17(24)7-13/h3-4,7-9,14,30H,5-6,10-12,26H2,1-2H3,(H2,27,28)/b21-15+,29-18-. The zero-order chi connectivity index (χ0) is 24.7. The summed E-state index contributed by atoms with van der Waals surface area (Å²) in [6.45, 7) is 2.04. The van der Waals surface area contributed by atoms with Gasteiger partial charge in [-0.1, -0.05) is 45.8 Å². The Balaban J connectivity index is 1.77. The molecule has 0 amide bonds. The largest absolute Gasteiger partial charge is 0.493 e. The van der Waals surface area contributed by atoms with Gasteiger partial charge in [-0.15, -0.1) is 0 Å². The van der Waals surface area contributed by atoms with Crippen molar-refractivity contribution < 1.29 is 14.2 Å². The molecule has 1 heterocycles. The predicted octanol–water partition coefficient (Wildman–Crippen LogP) is 3.71. The van der Waals surface area contributed by atoms with Crippen molar-refractivity contribution in [3.63, 3.8) is 0 Å². The number of anilines is 1. The summed E-state index contributed by atoms with van der Waals surface area (Å²) >= 11 is 14.3. The van der Waals surface area contributed by atoms with Crippen LogP contribution in [0.3, 0.4) is 0 Å². The SMILES string of the molecule is CNC(=N)N1CCOC(COC2=CC(=N/CI)/C(=C(\N)Nc3ccc(Cl)c(Cl)c3)C=C2OC)C1. The van der Waals surface area contributed by atoms with Crippen molar-refractivity contribution in [2.75, 3.05) is 50.3 Å². The van der Waals surface area contributed by atoms with E-state index < -0.39 is 0 Å². The normalized spacial score (nSPS) is 20.9. The number of nitrogens with two attached hydrogens (primary N) is 1. The third kappa shape index (κ3) is 6.71. The van der Waals surface area contributed by atoms with Crippen LogP contribution in [0.15, 0.2) is 58.3 Å². The number of alkyl halides is 1. The maximum Gasteiger partial charge on any atom is 0.190 e. The topological polar surface area (TPSA) is 117 Å². The van der Waals surface area contributed by atoms with Gasteiger partial charge in [0.2, 0.25) is 0 Å². The Morgan fingerprint density at radius 1 is 1.32 bits per heavy atom. The van der Waals surface area contributed by atoms with Crippen LogP contribution in [0.1, 0.15) is 0 Å². The first-order valence-electron chi connectivity index (χ1n) is 10.4. The van der Waals surface area contributed by atoms with E-state index in [2.05, 4.69) is 38.2 Å². The van der Waals surface area contributed by atoms with E-state index in [0.29, 0.717) is 81.2 Å². The molecular weight excluding hydrogens is 594 g/mol. The van der Waals surface area contributed by atoms with Gasteiger partial charge >= 0.3 is 0 Å². The van der Waals surface area contributed by atoms with Crippen LogP contribution in [0.25, 0.3) is 0 Å². The molecule has 9 nitrogen and oxygen atoms in total. The van der Waals surface area contributed by atoms with E-state index in [9.17, 15) is 0 Å². The summed E-state index contributed by atoms with van der Waals surface area (Å²) in [4.78, 5) is 6.48. The lowest BCUT2D eigenvalue weighted by molar-refractivity contribution is -0.0429. The van der Waals surface area contributed by atoms with Crippen LogP contribution in [-0.2, 0) is 14.2 Å². The number of rotatable bonds is 7. The van der Waals surface area contributed by atoms with Crippen LogP contribution in [0.5, 0.6) is 0 Å². The third-order valence-electron chi connectivity index (χ3n) is 5.12. The van der Waals surface area contributed by atoms with Crippen molar-refractivity contribution in [2.24, 2.45) is 10.7 Å². The summed E-state index contributed by atoms with van der Waals surface area (Å²) in [7, 11) is 3.30. The molecule has 34 heavy (non-hydrogen) atoms. The predicted molar refractivity (Wildman–Crippen MR) is 145 cm³/mol.